The number of esters is 3. The Kier molecular flexibility index (Phi) is 34.2. The predicted molar refractivity (Wildman–Crippen MR) is 354 cm³/mol. The molecular formula is C69H116N6O13S2. The highest BCUT2D eigenvalue weighted by Crippen LogP contribution is 2.37. The maximum absolute atomic E-state index is 13.6. The Balaban J connectivity index is 0.779. The van der Waals surface area contributed by atoms with E-state index in [1.807, 2.05) is 36.5 Å². The number of thioether (sulfide) groups is 2. The van der Waals surface area contributed by atoms with Crippen LogP contribution < -0.4 is 31.9 Å². The number of aliphatic hydroxyl groups is 1. The van der Waals surface area contributed by atoms with Gasteiger partial charge in [-0.05, 0) is 141 Å². The van der Waals surface area contributed by atoms with Crippen molar-refractivity contribution in [2.24, 2.45) is 0 Å². The second-order valence-corrected chi connectivity index (χ2v) is 29.5. The van der Waals surface area contributed by atoms with Crippen molar-refractivity contribution >= 4 is 65.3 Å². The number of amides is 6. The van der Waals surface area contributed by atoms with Gasteiger partial charge in [-0.1, -0.05) is 110 Å². The lowest BCUT2D eigenvalue weighted by Crippen LogP contribution is -2.36. The molecule has 0 aromatic heterocycles. The molecule has 7 N–H and O–H groups in total. The second kappa shape index (κ2) is 41.8. The van der Waals surface area contributed by atoms with E-state index in [0.717, 1.165) is 178 Å². The number of unbranched alkanes of at least 4 members (excludes halogenated alkanes) is 18. The maximum Gasteiger partial charge on any atom is 0.334 e. The van der Waals surface area contributed by atoms with Crippen LogP contribution in [0.5, 0.6) is 0 Å². The fraction of sp³-hybridized carbons (Fsp3) is 0.870. The summed E-state index contributed by atoms with van der Waals surface area (Å²) in [4.78, 5) is 87.4. The van der Waals surface area contributed by atoms with E-state index in [1.165, 1.54) is 38.5 Å². The summed E-state index contributed by atoms with van der Waals surface area (Å²) in [6, 6.07) is 0.642. The molecule has 90 heavy (non-hydrogen) atoms. The molecule has 0 aromatic rings. The number of cyclic esters (lactones) is 1. The van der Waals surface area contributed by atoms with E-state index in [-0.39, 0.29) is 109 Å². The van der Waals surface area contributed by atoms with Crippen LogP contribution in [0, 0.1) is 0 Å². The number of ether oxygens (including phenoxy) is 5. The van der Waals surface area contributed by atoms with Gasteiger partial charge in [0.25, 0.3) is 0 Å². The van der Waals surface area contributed by atoms with Gasteiger partial charge < -0.3 is 60.7 Å². The number of aliphatic hydroxyl groups excluding tert-OH is 1. The normalized spacial score (nSPS) is 26.8. The summed E-state index contributed by atoms with van der Waals surface area (Å²) < 4.78 is 31.0. The third kappa shape index (κ3) is 26.9. The van der Waals surface area contributed by atoms with Gasteiger partial charge in [-0.25, -0.2) is 14.4 Å². The summed E-state index contributed by atoms with van der Waals surface area (Å²) in [6.07, 6.45) is 34.7. The number of carbonyl (C=O) groups excluding carboxylic acids is 7. The molecule has 21 heteroatoms. The number of rotatable bonds is 49. The quantitative estimate of drug-likeness (QED) is 0.0129. The van der Waals surface area contributed by atoms with Crippen LogP contribution >= 0.6 is 23.5 Å². The van der Waals surface area contributed by atoms with Crippen molar-refractivity contribution in [3.05, 3.63) is 11.6 Å². The van der Waals surface area contributed by atoms with Crippen LogP contribution in [-0.2, 0) is 47.7 Å². The van der Waals surface area contributed by atoms with Crippen LogP contribution in [0.15, 0.2) is 11.6 Å². The van der Waals surface area contributed by atoms with Gasteiger partial charge in [0.1, 0.15) is 18.3 Å². The van der Waals surface area contributed by atoms with Crippen LogP contribution in [0.1, 0.15) is 271 Å². The van der Waals surface area contributed by atoms with Crippen LogP contribution in [-0.4, -0.2) is 155 Å². The molecule has 0 unspecified atom stereocenters. The van der Waals surface area contributed by atoms with Crippen molar-refractivity contribution in [3.8, 4) is 0 Å². The van der Waals surface area contributed by atoms with Crippen LogP contribution in [0.4, 0.5) is 9.59 Å². The number of hydrogen-bond donors (Lipinski definition) is 7. The Morgan fingerprint density at radius 2 is 1.04 bits per heavy atom. The molecular weight excluding hydrogens is 1180 g/mol. The van der Waals surface area contributed by atoms with Crippen LogP contribution in [0.3, 0.4) is 0 Å². The monoisotopic (exact) mass is 1300 g/mol. The summed E-state index contributed by atoms with van der Waals surface area (Å²) in [6.45, 7) is 5.24. The Morgan fingerprint density at radius 1 is 0.556 bits per heavy atom. The zero-order chi connectivity index (χ0) is 63.7. The number of nitrogens with one attached hydrogen (secondary N) is 6. The first-order valence-electron chi connectivity index (χ1n) is 36.0. The molecule has 0 saturated carbocycles. The molecule has 14 atom stereocenters. The van der Waals surface area contributed by atoms with Crippen molar-refractivity contribution < 1.29 is 62.4 Å². The summed E-state index contributed by atoms with van der Waals surface area (Å²) in [7, 11) is 0. The van der Waals surface area contributed by atoms with Gasteiger partial charge in [-0.2, -0.15) is 23.5 Å². The highest BCUT2D eigenvalue weighted by Gasteiger charge is 2.45. The minimum Gasteiger partial charge on any atom is -0.462 e. The van der Waals surface area contributed by atoms with Gasteiger partial charge >= 0.3 is 30.0 Å². The molecule has 19 nitrogen and oxygen atoms in total. The average Bonchev–Trinajstić information content (AvgIpc) is 1.83. The van der Waals surface area contributed by atoms with E-state index in [2.05, 4.69) is 38.8 Å². The average molecular weight is 1300 g/mol. The smallest absolute Gasteiger partial charge is 0.334 e. The predicted octanol–water partition coefficient (Wildman–Crippen LogP) is 11.8. The number of carbonyl (C=O) groups is 7. The zero-order valence-corrected chi connectivity index (χ0v) is 56.6. The molecule has 6 fully saturated rings. The third-order valence-electron chi connectivity index (χ3n) is 19.5. The summed E-state index contributed by atoms with van der Waals surface area (Å²) in [5, 5.41) is 30.2. The van der Waals surface area contributed by atoms with Crippen molar-refractivity contribution in [2.45, 2.75) is 354 Å². The molecule has 6 saturated heterocycles. The molecule has 7 heterocycles. The molecule has 7 aliphatic rings. The zero-order valence-electron chi connectivity index (χ0n) is 54.9. The van der Waals surface area contributed by atoms with E-state index in [4.69, 9.17) is 23.7 Å². The molecule has 0 bridgehead atoms. The van der Waals surface area contributed by atoms with Crippen molar-refractivity contribution in [1.82, 2.24) is 31.9 Å². The standard InChI is InChI=1S/C69H116N6O13S2/c1-3-4-5-17-29-50(85-63(79)37-19-14-25-43-70-61(77)35-23-21-33-59-65-51(46-89-59)72-68(82)74-65)30-27-32-55(88-64(80)38-20-15-26-44-71-62(78)36-24-22-34-60-66-52(47-90-60)73-69(83)75-66)56-41-42-58(87-56)57-40-39-54(86-57)53(76)31-18-13-11-9-7-6-8-10-12-16-28-49-45-48(2)84-67(49)81/h45,48,50-60,65-66,76H,3-44,46-47H2,1-2H3,(H,70,77)(H,71,78)(H2,72,74,82)(H2,73,75,83)/t48-,50-,51-,52-,53+,54+,55-,56+,57+,58+,59-,60-,65-,66-/m0/s1. The lowest BCUT2D eigenvalue weighted by atomic mass is 9.99. The Morgan fingerprint density at radius 3 is 1.61 bits per heavy atom. The van der Waals surface area contributed by atoms with Gasteiger partial charge in [-0.3, -0.25) is 19.2 Å². The molecule has 7 rings (SSSR count). The van der Waals surface area contributed by atoms with Crippen LogP contribution in [0.2, 0.25) is 0 Å². The van der Waals surface area contributed by atoms with E-state index in [9.17, 15) is 38.7 Å². The van der Waals surface area contributed by atoms with E-state index < -0.39 is 12.2 Å². The largest absolute Gasteiger partial charge is 0.462 e. The first-order valence-corrected chi connectivity index (χ1v) is 38.1. The SMILES string of the molecule is CCCCCC[C@@H](CCC[C@H](OC(=O)CCCCCNC(=O)CCCC[C@@H]1SC[C@@H]2NC(=O)N[C@@H]21)[C@H]1CC[C@H]([C@H]2CC[C@H]([C@H](O)CCCCCCCCCCCCC3=C[C@H](C)OC3=O)O2)O1)OC(=O)CCCCCNC(=O)CCCC[C@@H]1SC[C@@H]2NC(=O)N[C@@H]21. The van der Waals surface area contributed by atoms with Crippen molar-refractivity contribution in [2.75, 3.05) is 24.6 Å². The van der Waals surface area contributed by atoms with E-state index in [0.29, 0.717) is 75.0 Å². The van der Waals surface area contributed by atoms with Gasteiger partial charge in [0.15, 0.2) is 0 Å². The first-order chi connectivity index (χ1) is 43.8. The number of hydrogen-bond acceptors (Lipinski definition) is 15. The van der Waals surface area contributed by atoms with Gasteiger partial charge in [-0.15, -0.1) is 0 Å². The van der Waals surface area contributed by atoms with Crippen molar-refractivity contribution in [3.63, 3.8) is 0 Å². The summed E-state index contributed by atoms with van der Waals surface area (Å²) in [5.41, 5.74) is 0.840. The minimum absolute atomic E-state index is 0.0466. The number of urea groups is 2. The minimum atomic E-state index is -0.507. The van der Waals surface area contributed by atoms with Gasteiger partial charge in [0, 0.05) is 66.4 Å². The Labute approximate surface area is 547 Å². The third-order valence-corrected chi connectivity index (χ3v) is 22.5. The fourth-order valence-corrected chi connectivity index (χ4v) is 17.4. The molecule has 0 radical (unpaired) electrons. The number of fused-ring (bicyclic) bond motifs is 2. The molecule has 7 aliphatic heterocycles. The topological polar surface area (TPSA) is 258 Å². The summed E-state index contributed by atoms with van der Waals surface area (Å²) in [5.74, 6) is 1.38. The second-order valence-electron chi connectivity index (χ2n) is 27.0. The molecule has 0 aliphatic carbocycles. The van der Waals surface area contributed by atoms with Gasteiger partial charge in [0.05, 0.1) is 54.7 Å². The Bertz CT molecular complexity index is 2210. The van der Waals surface area contributed by atoms with Gasteiger partial charge in [0.2, 0.25) is 11.8 Å². The molecule has 0 spiro atoms. The lowest BCUT2D eigenvalue weighted by molar-refractivity contribution is -0.161. The molecule has 0 aromatic carbocycles. The highest BCUT2D eigenvalue weighted by molar-refractivity contribution is 8.00. The lowest BCUT2D eigenvalue weighted by Gasteiger charge is -2.27. The highest BCUT2D eigenvalue weighted by atomic mass is 32.2. The molecule has 6 amide bonds. The van der Waals surface area contributed by atoms with Crippen LogP contribution in [0.25, 0.3) is 0 Å². The van der Waals surface area contributed by atoms with E-state index >= 15 is 0 Å². The summed E-state index contributed by atoms with van der Waals surface area (Å²) >= 11 is 3.79. The maximum atomic E-state index is 13.6. The molecule has 512 valence electrons. The fourth-order valence-electron chi connectivity index (χ4n) is 14.3. The van der Waals surface area contributed by atoms with E-state index in [1.54, 1.807) is 0 Å². The Hall–Kier alpha value is -3.79. The first kappa shape index (κ1) is 73.6. The van der Waals surface area contributed by atoms with Crippen molar-refractivity contribution in [1.29, 1.82) is 0 Å².